The molecule has 0 unspecified atom stereocenters. The Morgan fingerprint density at radius 1 is 1.38 bits per heavy atom. The molecule has 0 bridgehead atoms. The van der Waals surface area contributed by atoms with Crippen molar-refractivity contribution in [2.45, 2.75) is 5.16 Å². The third kappa shape index (κ3) is 3.40. The summed E-state index contributed by atoms with van der Waals surface area (Å²) in [6.45, 7) is 0.450. The maximum Gasteiger partial charge on any atom is 0.419 e. The zero-order chi connectivity index (χ0) is 17.1. The largest absolute Gasteiger partial charge is 0.419 e. The van der Waals surface area contributed by atoms with Crippen LogP contribution in [0.3, 0.4) is 0 Å². The van der Waals surface area contributed by atoms with Crippen LogP contribution in [0.4, 0.5) is 10.5 Å². The summed E-state index contributed by atoms with van der Waals surface area (Å²) in [6.07, 6.45) is 0. The smallest absolute Gasteiger partial charge is 0.408 e. The van der Waals surface area contributed by atoms with Crippen LogP contribution in [-0.2, 0) is 14.1 Å². The second kappa shape index (κ2) is 6.74. The van der Waals surface area contributed by atoms with Crippen LogP contribution in [0.5, 0.6) is 0 Å². The van der Waals surface area contributed by atoms with E-state index in [9.17, 15) is 9.59 Å². The molecule has 2 amide bonds. The summed E-state index contributed by atoms with van der Waals surface area (Å²) in [5.74, 6) is 0.190. The van der Waals surface area contributed by atoms with Crippen LogP contribution in [0.25, 0.3) is 11.1 Å². The highest BCUT2D eigenvalue weighted by molar-refractivity contribution is 7.99. The Hall–Kier alpha value is -2.82. The number of nitrogens with one attached hydrogen (secondary N) is 2. The Balaban J connectivity index is 1.51. The molecule has 0 saturated carbocycles. The molecule has 2 aromatic heterocycles. The maximum absolute atomic E-state index is 11.9. The summed E-state index contributed by atoms with van der Waals surface area (Å²) >= 11 is 1.44. The van der Waals surface area contributed by atoms with E-state index in [0.29, 0.717) is 34.2 Å². The van der Waals surface area contributed by atoms with Crippen LogP contribution >= 0.6 is 11.8 Å². The average molecular weight is 349 g/mol. The number of benzene rings is 1. The van der Waals surface area contributed by atoms with Gasteiger partial charge in [0.15, 0.2) is 5.58 Å². The lowest BCUT2D eigenvalue weighted by Crippen LogP contribution is -2.30. The van der Waals surface area contributed by atoms with E-state index in [1.807, 2.05) is 0 Å². The number of thioether (sulfide) groups is 1. The highest BCUT2D eigenvalue weighted by atomic mass is 32.2. The van der Waals surface area contributed by atoms with Crippen molar-refractivity contribution < 1.29 is 9.21 Å². The zero-order valence-electron chi connectivity index (χ0n) is 13.0. The molecule has 24 heavy (non-hydrogen) atoms. The van der Waals surface area contributed by atoms with Crippen molar-refractivity contribution in [3.8, 4) is 0 Å². The minimum Gasteiger partial charge on any atom is -0.408 e. The summed E-state index contributed by atoms with van der Waals surface area (Å²) in [6, 6.07) is 4.68. The second-order valence-electron chi connectivity index (χ2n) is 4.92. The number of carbonyl (C=O) groups is 1. The third-order valence-electron chi connectivity index (χ3n) is 3.25. The van der Waals surface area contributed by atoms with Gasteiger partial charge < -0.3 is 15.1 Å². The highest BCUT2D eigenvalue weighted by Crippen LogP contribution is 2.17. The number of tetrazole rings is 1. The molecule has 11 heteroatoms. The fourth-order valence-corrected chi connectivity index (χ4v) is 2.74. The minimum absolute atomic E-state index is 0.343. The van der Waals surface area contributed by atoms with Gasteiger partial charge in [-0.3, -0.25) is 4.57 Å². The lowest BCUT2D eigenvalue weighted by Gasteiger charge is -2.07. The molecule has 0 saturated heterocycles. The molecule has 0 radical (unpaired) electrons. The first-order valence-electron chi connectivity index (χ1n) is 7.04. The molecule has 2 N–H and O–H groups in total. The highest BCUT2D eigenvalue weighted by Gasteiger charge is 2.08. The van der Waals surface area contributed by atoms with Crippen LogP contribution < -0.4 is 16.4 Å². The second-order valence-corrected chi connectivity index (χ2v) is 5.99. The number of urea groups is 1. The molecular formula is C13H15N7O3S. The molecule has 3 rings (SSSR count). The predicted octanol–water partition coefficient (Wildman–Crippen LogP) is 0.569. The Labute approximate surface area is 140 Å². The number of aromatic nitrogens is 5. The standard InChI is InChI=1S/C13H15N7O3S/c1-19-9-4-3-8(7-10(9)23-13(19)22)15-11(21)14-5-6-24-12-16-17-18-20(12)2/h3-4,7H,5-6H2,1-2H3,(H2,14,15,21). The Morgan fingerprint density at radius 3 is 2.96 bits per heavy atom. The van der Waals surface area contributed by atoms with Crippen molar-refractivity contribution in [3.63, 3.8) is 0 Å². The predicted molar refractivity (Wildman–Crippen MR) is 88.0 cm³/mol. The number of aryl methyl sites for hydroxylation is 2. The number of fused-ring (bicyclic) bond motifs is 1. The van der Waals surface area contributed by atoms with Crippen LogP contribution in [0.15, 0.2) is 32.6 Å². The number of carbonyl (C=O) groups excluding carboxylic acids is 1. The van der Waals surface area contributed by atoms with Gasteiger partial charge in [0.1, 0.15) is 0 Å². The van der Waals surface area contributed by atoms with Crippen molar-refractivity contribution in [1.29, 1.82) is 0 Å². The van der Waals surface area contributed by atoms with Crippen molar-refractivity contribution in [1.82, 2.24) is 30.1 Å². The molecule has 0 atom stereocenters. The third-order valence-corrected chi connectivity index (χ3v) is 4.26. The first-order chi connectivity index (χ1) is 11.5. The number of hydrogen-bond acceptors (Lipinski definition) is 7. The number of anilines is 1. The molecule has 0 aliphatic carbocycles. The summed E-state index contributed by atoms with van der Waals surface area (Å²) in [7, 11) is 3.37. The van der Waals surface area contributed by atoms with E-state index >= 15 is 0 Å². The molecule has 0 spiro atoms. The molecule has 10 nitrogen and oxygen atoms in total. The summed E-state index contributed by atoms with van der Waals surface area (Å²) in [5.41, 5.74) is 1.63. The SMILES string of the molecule is Cn1nnnc1SCCNC(=O)Nc1ccc2c(c1)oc(=O)n2C. The molecule has 0 aliphatic rings. The van der Waals surface area contributed by atoms with E-state index in [4.69, 9.17) is 4.42 Å². The van der Waals surface area contributed by atoms with Crippen molar-refractivity contribution in [3.05, 3.63) is 28.7 Å². The van der Waals surface area contributed by atoms with Crippen LogP contribution in [0.2, 0.25) is 0 Å². The summed E-state index contributed by atoms with van der Waals surface area (Å²) in [5, 5.41) is 17.2. The normalized spacial score (nSPS) is 10.9. The van der Waals surface area contributed by atoms with Gasteiger partial charge >= 0.3 is 11.8 Å². The molecule has 126 valence electrons. The van der Waals surface area contributed by atoms with E-state index in [2.05, 4.69) is 26.2 Å². The molecule has 1 aromatic carbocycles. The molecule has 0 aliphatic heterocycles. The van der Waals surface area contributed by atoms with Crippen LogP contribution in [0.1, 0.15) is 0 Å². The average Bonchev–Trinajstić information content (AvgIpc) is 3.08. The quantitative estimate of drug-likeness (QED) is 0.510. The van der Waals surface area contributed by atoms with E-state index in [1.54, 1.807) is 37.0 Å². The van der Waals surface area contributed by atoms with E-state index in [0.717, 1.165) is 0 Å². The van der Waals surface area contributed by atoms with Crippen molar-refractivity contribution in [2.24, 2.45) is 14.1 Å². The first kappa shape index (κ1) is 16.1. The van der Waals surface area contributed by atoms with Crippen LogP contribution in [-0.4, -0.2) is 43.1 Å². The molecule has 3 aromatic rings. The fraction of sp³-hybridized carbons (Fsp3) is 0.308. The van der Waals surface area contributed by atoms with Gasteiger partial charge in [-0.1, -0.05) is 11.8 Å². The van der Waals surface area contributed by atoms with Crippen molar-refractivity contribution >= 4 is 34.6 Å². The lowest BCUT2D eigenvalue weighted by atomic mass is 10.3. The van der Waals surface area contributed by atoms with E-state index in [1.165, 1.54) is 16.3 Å². The van der Waals surface area contributed by atoms with Gasteiger partial charge in [-0.05, 0) is 22.6 Å². The Morgan fingerprint density at radius 2 is 2.21 bits per heavy atom. The number of oxazole rings is 1. The van der Waals surface area contributed by atoms with Gasteiger partial charge in [-0.15, -0.1) is 5.10 Å². The number of nitrogens with zero attached hydrogens (tertiary/aromatic N) is 5. The van der Waals surface area contributed by atoms with Gasteiger partial charge in [-0.25, -0.2) is 14.3 Å². The lowest BCUT2D eigenvalue weighted by molar-refractivity contribution is 0.252. The molecular weight excluding hydrogens is 334 g/mol. The maximum atomic E-state index is 11.9. The van der Waals surface area contributed by atoms with Gasteiger partial charge in [0, 0.05) is 38.1 Å². The van der Waals surface area contributed by atoms with Gasteiger partial charge in [-0.2, -0.15) is 0 Å². The molecule has 2 heterocycles. The monoisotopic (exact) mass is 349 g/mol. The van der Waals surface area contributed by atoms with Crippen LogP contribution in [0, 0.1) is 0 Å². The Bertz CT molecular complexity index is 929. The van der Waals surface area contributed by atoms with Crippen molar-refractivity contribution in [2.75, 3.05) is 17.6 Å². The van der Waals surface area contributed by atoms with Gasteiger partial charge in [0.2, 0.25) is 5.16 Å². The molecule has 0 fully saturated rings. The van der Waals surface area contributed by atoms with Gasteiger partial charge in [0.25, 0.3) is 0 Å². The zero-order valence-corrected chi connectivity index (χ0v) is 13.8. The number of hydrogen-bond donors (Lipinski definition) is 2. The summed E-state index contributed by atoms with van der Waals surface area (Å²) in [4.78, 5) is 23.3. The van der Waals surface area contributed by atoms with Gasteiger partial charge in [0.05, 0.1) is 5.52 Å². The summed E-state index contributed by atoms with van der Waals surface area (Å²) < 4.78 is 8.05. The minimum atomic E-state index is -0.443. The Kier molecular flexibility index (Phi) is 4.51. The van der Waals surface area contributed by atoms with E-state index in [-0.39, 0.29) is 6.03 Å². The first-order valence-corrected chi connectivity index (χ1v) is 8.03. The van der Waals surface area contributed by atoms with E-state index < -0.39 is 5.76 Å². The number of rotatable bonds is 5. The fourth-order valence-electron chi connectivity index (χ4n) is 2.04. The number of amides is 2. The topological polar surface area (TPSA) is 120 Å².